The molecule has 0 saturated heterocycles. The molecule has 2 rings (SSSR count). The predicted molar refractivity (Wildman–Crippen MR) is 83.3 cm³/mol. The highest BCUT2D eigenvalue weighted by Gasteiger charge is 2.14. The molecule has 22 heavy (non-hydrogen) atoms. The summed E-state index contributed by atoms with van der Waals surface area (Å²) >= 11 is 1.10. The zero-order valence-electron chi connectivity index (χ0n) is 10.8. The summed E-state index contributed by atoms with van der Waals surface area (Å²) in [5.41, 5.74) is -0.0315. The summed E-state index contributed by atoms with van der Waals surface area (Å²) in [5.74, 6) is 0.256. The largest absolute Gasteiger partial charge is 0.413 e. The summed E-state index contributed by atoms with van der Waals surface area (Å²) in [6, 6.07) is 15.7. The monoisotopic (exact) mass is 363 g/mol. The van der Waals surface area contributed by atoms with Crippen LogP contribution in [-0.4, -0.2) is 4.92 Å². The predicted octanol–water partition coefficient (Wildman–Crippen LogP) is 4.71. The number of nitro groups is 1. The van der Waals surface area contributed by atoms with E-state index in [0.29, 0.717) is 0 Å². The molecule has 0 aliphatic heterocycles. The van der Waals surface area contributed by atoms with Crippen LogP contribution in [0.5, 0.6) is 5.75 Å². The second-order valence-corrected chi connectivity index (χ2v) is 4.01. The Morgan fingerprint density at radius 1 is 0.864 bits per heavy atom. The van der Waals surface area contributed by atoms with Crippen LogP contribution in [-0.2, 0) is 0 Å². The highest BCUT2D eigenvalue weighted by Crippen LogP contribution is 2.31. The van der Waals surface area contributed by atoms with Gasteiger partial charge in [-0.1, -0.05) is 30.3 Å². The van der Waals surface area contributed by atoms with Gasteiger partial charge < -0.3 is 4.18 Å². The molecule has 0 N–H and O–H groups in total. The van der Waals surface area contributed by atoms with Crippen molar-refractivity contribution in [3.63, 3.8) is 0 Å². The highest BCUT2D eigenvalue weighted by atomic mass is 35.5. The number of hydrogen-bond donors (Lipinski definition) is 0. The van der Waals surface area contributed by atoms with Crippen molar-refractivity contribution in [3.8, 4) is 5.75 Å². The van der Waals surface area contributed by atoms with Gasteiger partial charge in [0.05, 0.1) is 17.0 Å². The van der Waals surface area contributed by atoms with Crippen LogP contribution in [0.4, 0.5) is 24.5 Å². The van der Waals surface area contributed by atoms with Crippen molar-refractivity contribution < 1.29 is 27.9 Å². The lowest BCUT2D eigenvalue weighted by atomic mass is 10.3. The maximum absolute atomic E-state index is 10.7. The molecule has 126 valence electrons. The van der Waals surface area contributed by atoms with Crippen molar-refractivity contribution in [2.24, 2.45) is 0 Å². The van der Waals surface area contributed by atoms with Crippen LogP contribution in [0.25, 0.3) is 0 Å². The Balaban J connectivity index is -0.000000324. The van der Waals surface area contributed by atoms with Crippen LogP contribution in [0.2, 0.25) is 0 Å². The maximum Gasteiger partial charge on any atom is 0.312 e. The van der Waals surface area contributed by atoms with Crippen molar-refractivity contribution in [3.05, 3.63) is 64.7 Å². The van der Waals surface area contributed by atoms with E-state index in [9.17, 15) is 10.1 Å². The molecule has 0 amide bonds. The Hall–Kier alpha value is -2.00. The van der Waals surface area contributed by atoms with Gasteiger partial charge in [0, 0.05) is 11.0 Å². The third-order valence-corrected chi connectivity index (χ3v) is 2.76. The van der Waals surface area contributed by atoms with Gasteiger partial charge in [0.15, 0.2) is 0 Å². The molecule has 0 unspecified atom stereocenters. The number of nitrogens with zero attached hydrogens (tertiary/aromatic N) is 1. The topological polar surface area (TPSA) is 52.4 Å². The van der Waals surface area contributed by atoms with Gasteiger partial charge in [-0.25, -0.2) is 0 Å². The Bertz CT molecular complexity index is 537. The normalized spacial score (nSPS) is 7.64. The van der Waals surface area contributed by atoms with E-state index in [0.717, 1.165) is 16.9 Å². The van der Waals surface area contributed by atoms with Gasteiger partial charge in [0.2, 0.25) is 5.75 Å². The SMILES string of the molecule is Cl.F.F.F.F.O=[N+]([O-])c1ccccc1OSc1ccccc1. The Labute approximate surface area is 134 Å². The molecule has 0 spiro atoms. The first-order valence-electron chi connectivity index (χ1n) is 4.90. The summed E-state index contributed by atoms with van der Waals surface area (Å²) in [4.78, 5) is 11.2. The second kappa shape index (κ2) is 14.0. The number of hydrogen-bond acceptors (Lipinski definition) is 4. The van der Waals surface area contributed by atoms with Crippen LogP contribution < -0.4 is 4.18 Å². The molecule has 0 heterocycles. The first kappa shape index (κ1) is 28.2. The van der Waals surface area contributed by atoms with Crippen molar-refractivity contribution in [2.45, 2.75) is 4.90 Å². The van der Waals surface area contributed by atoms with Gasteiger partial charge in [-0.3, -0.25) is 28.9 Å². The maximum atomic E-state index is 10.7. The zero-order chi connectivity index (χ0) is 12.1. The van der Waals surface area contributed by atoms with E-state index in [2.05, 4.69) is 0 Å². The van der Waals surface area contributed by atoms with E-state index in [1.54, 1.807) is 18.2 Å². The lowest BCUT2D eigenvalue weighted by molar-refractivity contribution is -0.385. The zero-order valence-corrected chi connectivity index (χ0v) is 12.5. The third-order valence-electron chi connectivity index (χ3n) is 2.03. The fourth-order valence-corrected chi connectivity index (χ4v) is 1.84. The summed E-state index contributed by atoms with van der Waals surface area (Å²) in [6.45, 7) is 0. The van der Waals surface area contributed by atoms with Crippen molar-refractivity contribution in [2.75, 3.05) is 0 Å². The second-order valence-electron chi connectivity index (χ2n) is 3.20. The molecule has 0 saturated carbocycles. The average molecular weight is 364 g/mol. The van der Waals surface area contributed by atoms with Crippen molar-refractivity contribution in [1.82, 2.24) is 0 Å². The average Bonchev–Trinajstić information content (AvgIpc) is 2.38. The number of benzene rings is 2. The fourth-order valence-electron chi connectivity index (χ4n) is 1.25. The summed E-state index contributed by atoms with van der Waals surface area (Å²) in [5, 5.41) is 10.7. The minimum atomic E-state index is -0.457. The summed E-state index contributed by atoms with van der Waals surface area (Å²) in [7, 11) is 0. The van der Waals surface area contributed by atoms with Crippen molar-refractivity contribution in [1.29, 1.82) is 0 Å². The molecule has 0 radical (unpaired) electrons. The first-order chi connectivity index (χ1) is 8.27. The van der Waals surface area contributed by atoms with E-state index in [4.69, 9.17) is 4.18 Å². The molecule has 4 nitrogen and oxygen atoms in total. The van der Waals surface area contributed by atoms with Gasteiger partial charge >= 0.3 is 5.69 Å². The molecule has 0 atom stereocenters. The van der Waals surface area contributed by atoms with Gasteiger partial charge in [-0.2, -0.15) is 0 Å². The standard InChI is InChI=1S/C12H9NO3S.ClH.4FH/c14-13(15)11-8-4-5-9-12(11)16-17-10-6-2-1-3-7-10;;;;;/h1-9H;5*1H. The smallest absolute Gasteiger partial charge is 0.312 e. The molecule has 0 fully saturated rings. The van der Waals surface area contributed by atoms with E-state index in [-0.39, 0.29) is 42.7 Å². The number of nitro benzene ring substituents is 1. The minimum absolute atomic E-state index is 0. The lowest BCUT2D eigenvalue weighted by Crippen LogP contribution is -1.91. The Morgan fingerprint density at radius 3 is 1.91 bits per heavy atom. The number of rotatable bonds is 4. The molecule has 0 aliphatic carbocycles. The van der Waals surface area contributed by atoms with Crippen molar-refractivity contribution >= 4 is 30.1 Å². The Morgan fingerprint density at radius 2 is 1.36 bits per heavy atom. The molecule has 0 aliphatic rings. The van der Waals surface area contributed by atoms with Crippen LogP contribution in [0.1, 0.15) is 0 Å². The van der Waals surface area contributed by atoms with E-state index in [1.807, 2.05) is 30.3 Å². The van der Waals surface area contributed by atoms with Crippen LogP contribution >= 0.6 is 24.4 Å². The van der Waals surface area contributed by atoms with Gasteiger partial charge in [-0.05, 0) is 18.2 Å². The van der Waals surface area contributed by atoms with Gasteiger partial charge in [0.25, 0.3) is 0 Å². The molecule has 0 bridgehead atoms. The number of para-hydroxylation sites is 2. The number of halogens is 5. The van der Waals surface area contributed by atoms with Crippen LogP contribution in [0.3, 0.4) is 0 Å². The highest BCUT2D eigenvalue weighted by molar-refractivity contribution is 7.95. The quantitative estimate of drug-likeness (QED) is 0.341. The van der Waals surface area contributed by atoms with E-state index >= 15 is 0 Å². The van der Waals surface area contributed by atoms with Gasteiger partial charge in [-0.15, -0.1) is 12.4 Å². The van der Waals surface area contributed by atoms with E-state index < -0.39 is 4.92 Å². The molecular weight excluding hydrogens is 350 g/mol. The minimum Gasteiger partial charge on any atom is -0.413 e. The molecule has 0 aromatic heterocycles. The molecule has 2 aromatic rings. The summed E-state index contributed by atoms with van der Waals surface area (Å²) < 4.78 is 5.36. The molecular formula is C12H14ClF4NO3S. The molecule has 10 heteroatoms. The third kappa shape index (κ3) is 7.70. The fraction of sp³-hybridized carbons (Fsp3) is 0. The summed E-state index contributed by atoms with van der Waals surface area (Å²) in [6.07, 6.45) is 0. The Kier molecular flexibility index (Phi) is 17.9. The first-order valence-corrected chi connectivity index (χ1v) is 5.64. The van der Waals surface area contributed by atoms with Crippen LogP contribution in [0, 0.1) is 10.1 Å². The van der Waals surface area contributed by atoms with Crippen LogP contribution in [0.15, 0.2) is 59.5 Å². The van der Waals surface area contributed by atoms with Gasteiger partial charge in [0.1, 0.15) is 0 Å². The van der Waals surface area contributed by atoms with E-state index in [1.165, 1.54) is 6.07 Å². The lowest BCUT2D eigenvalue weighted by Gasteiger charge is -2.03. The molecule has 2 aromatic carbocycles.